The van der Waals surface area contributed by atoms with Crippen LogP contribution in [-0.2, 0) is 17.8 Å². The van der Waals surface area contributed by atoms with Gasteiger partial charge in [0.2, 0.25) is 11.8 Å². The lowest BCUT2D eigenvalue weighted by atomic mass is 10.1. The molecule has 1 aromatic carbocycles. The number of carbonyl (C=O) groups excluding carboxylic acids is 1. The SMILES string of the molecule is Cc1nnc(COc2ccc(NC(=O)Cc3c(C)noc3C)cc2)o1. The maximum Gasteiger partial charge on any atom is 0.253 e. The molecule has 1 amide bonds. The Balaban J connectivity index is 1.54. The van der Waals surface area contributed by atoms with Gasteiger partial charge in [0.1, 0.15) is 11.5 Å². The summed E-state index contributed by atoms with van der Waals surface area (Å²) in [5.41, 5.74) is 2.22. The van der Waals surface area contributed by atoms with Crippen LogP contribution in [0.3, 0.4) is 0 Å². The normalized spacial score (nSPS) is 10.7. The fraction of sp³-hybridized carbons (Fsp3) is 0.294. The zero-order valence-electron chi connectivity index (χ0n) is 14.2. The van der Waals surface area contributed by atoms with Crippen molar-refractivity contribution in [1.29, 1.82) is 0 Å². The number of anilines is 1. The van der Waals surface area contributed by atoms with Crippen molar-refractivity contribution in [3.63, 3.8) is 0 Å². The van der Waals surface area contributed by atoms with Gasteiger partial charge in [-0.05, 0) is 38.1 Å². The van der Waals surface area contributed by atoms with Gasteiger partial charge in [0.25, 0.3) is 5.89 Å². The van der Waals surface area contributed by atoms with Crippen LogP contribution in [0.4, 0.5) is 5.69 Å². The molecule has 0 radical (unpaired) electrons. The van der Waals surface area contributed by atoms with Crippen molar-refractivity contribution >= 4 is 11.6 Å². The minimum absolute atomic E-state index is 0.135. The molecule has 3 aromatic rings. The van der Waals surface area contributed by atoms with Gasteiger partial charge in [-0.15, -0.1) is 10.2 Å². The van der Waals surface area contributed by atoms with Gasteiger partial charge in [-0.1, -0.05) is 5.16 Å². The number of nitrogens with zero attached hydrogens (tertiary/aromatic N) is 3. The number of amides is 1. The van der Waals surface area contributed by atoms with Crippen LogP contribution in [0.15, 0.2) is 33.2 Å². The van der Waals surface area contributed by atoms with Crippen molar-refractivity contribution in [2.45, 2.75) is 33.8 Å². The van der Waals surface area contributed by atoms with Gasteiger partial charge in [0.05, 0.1) is 12.1 Å². The Labute approximate surface area is 144 Å². The summed E-state index contributed by atoms with van der Waals surface area (Å²) in [5, 5.41) is 14.3. The summed E-state index contributed by atoms with van der Waals surface area (Å²) >= 11 is 0. The van der Waals surface area contributed by atoms with Gasteiger partial charge in [-0.2, -0.15) is 0 Å². The van der Waals surface area contributed by atoms with E-state index in [0.717, 1.165) is 11.3 Å². The molecule has 0 aliphatic carbocycles. The highest BCUT2D eigenvalue weighted by Gasteiger charge is 2.13. The largest absolute Gasteiger partial charge is 0.484 e. The van der Waals surface area contributed by atoms with Gasteiger partial charge in [-0.25, -0.2) is 0 Å². The lowest BCUT2D eigenvalue weighted by Crippen LogP contribution is -2.15. The molecule has 0 unspecified atom stereocenters. The summed E-state index contributed by atoms with van der Waals surface area (Å²) in [7, 11) is 0. The lowest BCUT2D eigenvalue weighted by molar-refractivity contribution is -0.115. The summed E-state index contributed by atoms with van der Waals surface area (Å²) in [4.78, 5) is 12.1. The van der Waals surface area contributed by atoms with Gasteiger partial charge in [-0.3, -0.25) is 4.79 Å². The number of nitrogens with one attached hydrogen (secondary N) is 1. The minimum atomic E-state index is -0.135. The zero-order valence-corrected chi connectivity index (χ0v) is 14.2. The maximum atomic E-state index is 12.1. The molecule has 0 bridgehead atoms. The molecular formula is C17H18N4O4. The Kier molecular flexibility index (Phi) is 4.78. The van der Waals surface area contributed by atoms with Crippen LogP contribution in [0.25, 0.3) is 0 Å². The number of rotatable bonds is 6. The standard InChI is InChI=1S/C17H18N4O4/c1-10-15(11(2)25-21-10)8-16(22)18-13-4-6-14(7-5-13)23-9-17-20-19-12(3)24-17/h4-7H,8-9H2,1-3H3,(H,18,22). The van der Waals surface area contributed by atoms with Gasteiger partial charge >= 0.3 is 0 Å². The molecule has 3 rings (SSSR count). The van der Waals surface area contributed by atoms with E-state index in [0.29, 0.717) is 29.0 Å². The number of benzene rings is 1. The summed E-state index contributed by atoms with van der Waals surface area (Å²) < 4.78 is 15.8. The Morgan fingerprint density at radius 3 is 2.52 bits per heavy atom. The van der Waals surface area contributed by atoms with E-state index in [2.05, 4.69) is 20.7 Å². The number of ether oxygens (including phenoxy) is 1. The number of aryl methyl sites for hydroxylation is 3. The first kappa shape index (κ1) is 16.7. The Hall–Kier alpha value is -3.16. The van der Waals surface area contributed by atoms with E-state index in [1.807, 2.05) is 6.92 Å². The summed E-state index contributed by atoms with van der Waals surface area (Å²) in [6.45, 7) is 5.52. The zero-order chi connectivity index (χ0) is 17.8. The maximum absolute atomic E-state index is 12.1. The van der Waals surface area contributed by atoms with E-state index in [1.165, 1.54) is 0 Å². The predicted molar refractivity (Wildman–Crippen MR) is 88.1 cm³/mol. The van der Waals surface area contributed by atoms with Gasteiger partial charge < -0.3 is 19.0 Å². The highest BCUT2D eigenvalue weighted by Crippen LogP contribution is 2.18. The highest BCUT2D eigenvalue weighted by atomic mass is 16.5. The molecule has 25 heavy (non-hydrogen) atoms. The minimum Gasteiger partial charge on any atom is -0.484 e. The van der Waals surface area contributed by atoms with Crippen molar-refractivity contribution < 1.29 is 18.5 Å². The molecule has 8 heteroatoms. The first-order chi connectivity index (χ1) is 12.0. The average molecular weight is 342 g/mol. The smallest absolute Gasteiger partial charge is 0.253 e. The third-order valence-corrected chi connectivity index (χ3v) is 3.59. The van der Waals surface area contributed by atoms with Crippen LogP contribution < -0.4 is 10.1 Å². The van der Waals surface area contributed by atoms with E-state index < -0.39 is 0 Å². The summed E-state index contributed by atoms with van der Waals surface area (Å²) in [6.07, 6.45) is 0.218. The van der Waals surface area contributed by atoms with Crippen molar-refractivity contribution in [2.75, 3.05) is 5.32 Å². The second-order valence-electron chi connectivity index (χ2n) is 5.56. The summed E-state index contributed by atoms with van der Waals surface area (Å²) in [6, 6.07) is 7.04. The molecule has 2 heterocycles. The van der Waals surface area contributed by atoms with E-state index in [4.69, 9.17) is 13.7 Å². The predicted octanol–water partition coefficient (Wildman–Crippen LogP) is 2.74. The second-order valence-corrected chi connectivity index (χ2v) is 5.56. The topological polar surface area (TPSA) is 103 Å². The molecule has 0 spiro atoms. The third kappa shape index (κ3) is 4.23. The Morgan fingerprint density at radius 1 is 1.16 bits per heavy atom. The molecule has 0 atom stereocenters. The van der Waals surface area contributed by atoms with Gasteiger partial charge in [0.15, 0.2) is 6.61 Å². The molecule has 130 valence electrons. The van der Waals surface area contributed by atoms with Crippen LogP contribution >= 0.6 is 0 Å². The van der Waals surface area contributed by atoms with Crippen molar-refractivity contribution in [2.24, 2.45) is 0 Å². The van der Waals surface area contributed by atoms with E-state index in [9.17, 15) is 4.79 Å². The van der Waals surface area contributed by atoms with E-state index in [1.54, 1.807) is 38.1 Å². The van der Waals surface area contributed by atoms with Crippen molar-refractivity contribution in [3.8, 4) is 5.75 Å². The van der Waals surface area contributed by atoms with Crippen LogP contribution in [0, 0.1) is 20.8 Å². The molecule has 0 aliphatic heterocycles. The fourth-order valence-corrected chi connectivity index (χ4v) is 2.30. The van der Waals surface area contributed by atoms with Crippen LogP contribution in [0.1, 0.15) is 28.8 Å². The number of aromatic nitrogens is 3. The highest BCUT2D eigenvalue weighted by molar-refractivity contribution is 5.92. The number of hydrogen-bond donors (Lipinski definition) is 1. The van der Waals surface area contributed by atoms with E-state index >= 15 is 0 Å². The molecule has 0 saturated heterocycles. The van der Waals surface area contributed by atoms with Crippen LogP contribution in [-0.4, -0.2) is 21.3 Å². The Bertz CT molecular complexity index is 848. The molecule has 8 nitrogen and oxygen atoms in total. The average Bonchev–Trinajstić information content (AvgIpc) is 3.14. The molecule has 2 aromatic heterocycles. The van der Waals surface area contributed by atoms with Crippen molar-refractivity contribution in [3.05, 3.63) is 53.1 Å². The molecule has 0 saturated carbocycles. The monoisotopic (exact) mass is 342 g/mol. The van der Waals surface area contributed by atoms with Crippen LogP contribution in [0.5, 0.6) is 5.75 Å². The quantitative estimate of drug-likeness (QED) is 0.734. The van der Waals surface area contributed by atoms with E-state index in [-0.39, 0.29) is 18.9 Å². The molecule has 0 aliphatic rings. The number of hydrogen-bond acceptors (Lipinski definition) is 7. The molecular weight excluding hydrogens is 324 g/mol. The van der Waals surface area contributed by atoms with Gasteiger partial charge in [0, 0.05) is 18.2 Å². The lowest BCUT2D eigenvalue weighted by Gasteiger charge is -2.07. The second kappa shape index (κ2) is 7.16. The van der Waals surface area contributed by atoms with Crippen molar-refractivity contribution in [1.82, 2.24) is 15.4 Å². The number of carbonyl (C=O) groups is 1. The summed E-state index contributed by atoms with van der Waals surface area (Å²) in [5.74, 6) is 2.07. The fourth-order valence-electron chi connectivity index (χ4n) is 2.30. The molecule has 0 fully saturated rings. The molecule has 1 N–H and O–H groups in total. The Morgan fingerprint density at radius 2 is 1.92 bits per heavy atom. The first-order valence-electron chi connectivity index (χ1n) is 7.74. The third-order valence-electron chi connectivity index (χ3n) is 3.59. The van der Waals surface area contributed by atoms with Crippen LogP contribution in [0.2, 0.25) is 0 Å². The first-order valence-corrected chi connectivity index (χ1v) is 7.74.